The Morgan fingerprint density at radius 2 is 1.62 bits per heavy atom. The molecule has 0 aromatic heterocycles. The number of carbonyl (C=O) groups excluding carboxylic acids is 2. The van der Waals surface area contributed by atoms with Gasteiger partial charge in [-0.3, -0.25) is 4.79 Å². The number of anilines is 1. The molecule has 0 saturated carbocycles. The number of carbonyl (C=O) groups is 2. The Labute approximate surface area is 184 Å². The number of para-hydroxylation sites is 1. The van der Waals surface area contributed by atoms with E-state index in [1.807, 2.05) is 30.3 Å². The van der Waals surface area contributed by atoms with Gasteiger partial charge >= 0.3 is 5.97 Å². The smallest absolute Gasteiger partial charge is 0.338 e. The van der Waals surface area contributed by atoms with Gasteiger partial charge in [0.15, 0.2) is 18.1 Å². The second kappa shape index (κ2) is 11.4. The molecule has 0 aliphatic heterocycles. The number of benzene rings is 3. The van der Waals surface area contributed by atoms with E-state index in [9.17, 15) is 14.0 Å². The highest BCUT2D eigenvalue weighted by atomic mass is 19.1. The van der Waals surface area contributed by atoms with Gasteiger partial charge in [-0.25, -0.2) is 9.18 Å². The van der Waals surface area contributed by atoms with E-state index in [0.29, 0.717) is 11.4 Å². The number of halogens is 1. The Kier molecular flexibility index (Phi) is 8.02. The number of methoxy groups -OCH3 is 1. The standard InChI is InChI=1S/C24H22FNO6/c1-29-22-15-17(24(28)31-14-13-30-20-5-3-2-4-6-20)7-12-21(22)32-16-23(27)26-19-10-8-18(25)9-11-19/h2-12,15H,13-14,16H2,1H3,(H,26,27). The van der Waals surface area contributed by atoms with Crippen LogP contribution in [0.25, 0.3) is 0 Å². The van der Waals surface area contributed by atoms with Crippen LogP contribution in [0.5, 0.6) is 17.2 Å². The first kappa shape index (κ1) is 22.6. The highest BCUT2D eigenvalue weighted by molar-refractivity contribution is 5.92. The molecule has 3 rings (SSSR count). The fraction of sp³-hybridized carbons (Fsp3) is 0.167. The summed E-state index contributed by atoms with van der Waals surface area (Å²) in [5.41, 5.74) is 0.714. The normalized spacial score (nSPS) is 10.2. The Hall–Kier alpha value is -4.07. The molecular weight excluding hydrogens is 417 g/mol. The van der Waals surface area contributed by atoms with Gasteiger partial charge in [0.25, 0.3) is 5.91 Å². The zero-order chi connectivity index (χ0) is 22.8. The third-order valence-corrected chi connectivity index (χ3v) is 4.21. The molecule has 0 heterocycles. The lowest BCUT2D eigenvalue weighted by Crippen LogP contribution is -2.20. The quantitative estimate of drug-likeness (QED) is 0.379. The summed E-state index contributed by atoms with van der Waals surface area (Å²) in [5, 5.41) is 2.59. The van der Waals surface area contributed by atoms with E-state index in [1.54, 1.807) is 0 Å². The van der Waals surface area contributed by atoms with E-state index in [2.05, 4.69) is 5.32 Å². The van der Waals surface area contributed by atoms with Crippen molar-refractivity contribution in [2.75, 3.05) is 32.2 Å². The molecule has 1 N–H and O–H groups in total. The molecule has 0 atom stereocenters. The molecule has 0 fully saturated rings. The number of rotatable bonds is 10. The molecule has 0 spiro atoms. The van der Waals surface area contributed by atoms with Gasteiger partial charge in [0.1, 0.15) is 24.8 Å². The number of esters is 1. The molecular formula is C24H22FNO6. The SMILES string of the molecule is COc1cc(C(=O)OCCOc2ccccc2)ccc1OCC(=O)Nc1ccc(F)cc1. The zero-order valence-electron chi connectivity index (χ0n) is 17.4. The summed E-state index contributed by atoms with van der Waals surface area (Å²) in [6, 6.07) is 19.1. The molecule has 0 unspecified atom stereocenters. The van der Waals surface area contributed by atoms with Crippen molar-refractivity contribution in [3.05, 3.63) is 84.2 Å². The molecule has 0 aliphatic rings. The second-order valence-electron chi connectivity index (χ2n) is 6.51. The van der Waals surface area contributed by atoms with Crippen LogP contribution in [0.1, 0.15) is 10.4 Å². The monoisotopic (exact) mass is 439 g/mol. The van der Waals surface area contributed by atoms with Crippen LogP contribution in [0.15, 0.2) is 72.8 Å². The molecule has 0 bridgehead atoms. The summed E-state index contributed by atoms with van der Waals surface area (Å²) < 4.78 is 34.4. The number of ether oxygens (including phenoxy) is 4. The van der Waals surface area contributed by atoms with Crippen LogP contribution in [0.4, 0.5) is 10.1 Å². The molecule has 8 heteroatoms. The van der Waals surface area contributed by atoms with Crippen LogP contribution in [0.3, 0.4) is 0 Å². The van der Waals surface area contributed by atoms with Crippen molar-refractivity contribution in [2.24, 2.45) is 0 Å². The molecule has 32 heavy (non-hydrogen) atoms. The first-order valence-electron chi connectivity index (χ1n) is 9.76. The van der Waals surface area contributed by atoms with Gasteiger partial charge in [-0.2, -0.15) is 0 Å². The van der Waals surface area contributed by atoms with Crippen LogP contribution in [-0.4, -0.2) is 38.8 Å². The van der Waals surface area contributed by atoms with Crippen LogP contribution in [-0.2, 0) is 9.53 Å². The van der Waals surface area contributed by atoms with Crippen molar-refractivity contribution < 1.29 is 32.9 Å². The highest BCUT2D eigenvalue weighted by Gasteiger charge is 2.14. The first-order valence-corrected chi connectivity index (χ1v) is 9.76. The Bertz CT molecular complexity index is 1040. The zero-order valence-corrected chi connectivity index (χ0v) is 17.4. The van der Waals surface area contributed by atoms with Crippen molar-refractivity contribution in [2.45, 2.75) is 0 Å². The summed E-state index contributed by atoms with van der Waals surface area (Å²) in [7, 11) is 1.42. The average Bonchev–Trinajstić information content (AvgIpc) is 2.82. The van der Waals surface area contributed by atoms with Gasteiger partial charge in [-0.1, -0.05) is 18.2 Å². The average molecular weight is 439 g/mol. The fourth-order valence-corrected chi connectivity index (χ4v) is 2.68. The van der Waals surface area contributed by atoms with E-state index in [4.69, 9.17) is 18.9 Å². The minimum atomic E-state index is -0.541. The van der Waals surface area contributed by atoms with Gasteiger partial charge < -0.3 is 24.3 Å². The molecule has 0 radical (unpaired) electrons. The topological polar surface area (TPSA) is 83.1 Å². The summed E-state index contributed by atoms with van der Waals surface area (Å²) in [5.74, 6) is -0.122. The van der Waals surface area contributed by atoms with Gasteiger partial charge in [0.2, 0.25) is 0 Å². The number of hydrogen-bond donors (Lipinski definition) is 1. The van der Waals surface area contributed by atoms with E-state index >= 15 is 0 Å². The summed E-state index contributed by atoms with van der Waals surface area (Å²) in [4.78, 5) is 24.3. The summed E-state index contributed by atoms with van der Waals surface area (Å²) in [6.45, 7) is 0.00343. The molecule has 3 aromatic rings. The number of nitrogens with one attached hydrogen (secondary N) is 1. The predicted octanol–water partition coefficient (Wildman–Crippen LogP) is 4.09. The van der Waals surface area contributed by atoms with Crippen LogP contribution in [0.2, 0.25) is 0 Å². The largest absolute Gasteiger partial charge is 0.493 e. The van der Waals surface area contributed by atoms with Crippen LogP contribution < -0.4 is 19.5 Å². The number of hydrogen-bond acceptors (Lipinski definition) is 6. The third-order valence-electron chi connectivity index (χ3n) is 4.21. The Morgan fingerprint density at radius 3 is 2.34 bits per heavy atom. The van der Waals surface area contributed by atoms with Crippen molar-refractivity contribution in [1.82, 2.24) is 0 Å². The predicted molar refractivity (Wildman–Crippen MR) is 116 cm³/mol. The van der Waals surface area contributed by atoms with Gasteiger partial charge in [-0.15, -0.1) is 0 Å². The molecule has 166 valence electrons. The van der Waals surface area contributed by atoms with Crippen LogP contribution in [0, 0.1) is 5.82 Å². The molecule has 0 aliphatic carbocycles. The number of amides is 1. The highest BCUT2D eigenvalue weighted by Crippen LogP contribution is 2.28. The second-order valence-corrected chi connectivity index (χ2v) is 6.51. The Morgan fingerprint density at radius 1 is 0.875 bits per heavy atom. The molecule has 3 aromatic carbocycles. The first-order chi connectivity index (χ1) is 15.5. The lowest BCUT2D eigenvalue weighted by Gasteiger charge is -2.12. The molecule has 0 saturated heterocycles. The van der Waals surface area contributed by atoms with Crippen LogP contribution >= 0.6 is 0 Å². The third kappa shape index (κ3) is 6.73. The van der Waals surface area contributed by atoms with Crippen molar-refractivity contribution in [3.8, 4) is 17.2 Å². The molecule has 1 amide bonds. The lowest BCUT2D eigenvalue weighted by atomic mass is 10.2. The lowest BCUT2D eigenvalue weighted by molar-refractivity contribution is -0.118. The minimum absolute atomic E-state index is 0.0812. The summed E-state index contributed by atoms with van der Waals surface area (Å²) >= 11 is 0. The van der Waals surface area contributed by atoms with E-state index < -0.39 is 17.7 Å². The maximum absolute atomic E-state index is 12.9. The van der Waals surface area contributed by atoms with E-state index in [-0.39, 0.29) is 36.9 Å². The molecule has 7 nitrogen and oxygen atoms in total. The van der Waals surface area contributed by atoms with Gasteiger partial charge in [0.05, 0.1) is 12.7 Å². The van der Waals surface area contributed by atoms with E-state index in [1.165, 1.54) is 49.6 Å². The maximum Gasteiger partial charge on any atom is 0.338 e. The van der Waals surface area contributed by atoms with E-state index in [0.717, 1.165) is 0 Å². The fourth-order valence-electron chi connectivity index (χ4n) is 2.68. The maximum atomic E-state index is 12.9. The minimum Gasteiger partial charge on any atom is -0.493 e. The van der Waals surface area contributed by atoms with Crippen molar-refractivity contribution in [1.29, 1.82) is 0 Å². The van der Waals surface area contributed by atoms with Gasteiger partial charge in [-0.05, 0) is 54.6 Å². The summed E-state index contributed by atoms with van der Waals surface area (Å²) in [6.07, 6.45) is 0. The van der Waals surface area contributed by atoms with Gasteiger partial charge in [0, 0.05) is 5.69 Å². The van der Waals surface area contributed by atoms with Crippen molar-refractivity contribution in [3.63, 3.8) is 0 Å². The Balaban J connectivity index is 1.49. The van der Waals surface area contributed by atoms with Crippen molar-refractivity contribution >= 4 is 17.6 Å².